The van der Waals surface area contributed by atoms with Gasteiger partial charge in [0.2, 0.25) is 10.0 Å². The van der Waals surface area contributed by atoms with Crippen molar-refractivity contribution in [2.75, 3.05) is 0 Å². The lowest BCUT2D eigenvalue weighted by Gasteiger charge is -2.10. The van der Waals surface area contributed by atoms with Crippen LogP contribution in [-0.2, 0) is 23.1 Å². The Bertz CT molecular complexity index is 687. The van der Waals surface area contributed by atoms with Crippen LogP contribution < -0.4 is 10.5 Å². The first-order valence-electron chi connectivity index (χ1n) is 6.09. The molecule has 1 heterocycles. The molecular formula is C13H16N4O2S. The first-order chi connectivity index (χ1) is 9.53. The maximum Gasteiger partial charge on any atom is 0.241 e. The van der Waals surface area contributed by atoms with E-state index < -0.39 is 10.0 Å². The van der Waals surface area contributed by atoms with Crippen molar-refractivity contribution in [3.63, 3.8) is 0 Å². The molecule has 0 aliphatic rings. The quantitative estimate of drug-likeness (QED) is 0.846. The number of hydrogen-bond donors (Lipinski definition) is 2. The van der Waals surface area contributed by atoms with Crippen molar-refractivity contribution in [3.05, 3.63) is 53.3 Å². The van der Waals surface area contributed by atoms with Crippen LogP contribution in [0.25, 0.3) is 0 Å². The van der Waals surface area contributed by atoms with Gasteiger partial charge in [0, 0.05) is 12.7 Å². The fraction of sp³-hybridized carbons (Fsp3) is 0.231. The molecule has 0 radical (unpaired) electrons. The zero-order chi connectivity index (χ0) is 14.6. The van der Waals surface area contributed by atoms with Crippen LogP contribution in [0.1, 0.15) is 16.8 Å². The summed E-state index contributed by atoms with van der Waals surface area (Å²) in [5, 5.41) is 7.54. The highest BCUT2D eigenvalue weighted by Crippen LogP contribution is 2.17. The van der Waals surface area contributed by atoms with E-state index in [0.29, 0.717) is 17.8 Å². The second-order valence-electron chi connectivity index (χ2n) is 4.34. The van der Waals surface area contributed by atoms with Gasteiger partial charge in [0.15, 0.2) is 0 Å². The molecule has 0 spiro atoms. The van der Waals surface area contributed by atoms with E-state index in [4.69, 9.17) is 5.73 Å². The highest BCUT2D eigenvalue weighted by atomic mass is 32.2. The summed E-state index contributed by atoms with van der Waals surface area (Å²) in [5.41, 5.74) is 7.55. The zero-order valence-electron chi connectivity index (χ0n) is 11.1. The number of nitrogens with two attached hydrogens (primary N) is 1. The summed E-state index contributed by atoms with van der Waals surface area (Å²) in [5.74, 6) is 0. The normalized spacial score (nSPS) is 11.5. The molecule has 0 atom stereocenters. The Labute approximate surface area is 118 Å². The predicted molar refractivity (Wildman–Crippen MR) is 75.1 cm³/mol. The Morgan fingerprint density at radius 2 is 2.10 bits per heavy atom. The summed E-state index contributed by atoms with van der Waals surface area (Å²) in [7, 11) is -3.60. The van der Waals surface area contributed by atoms with Gasteiger partial charge >= 0.3 is 0 Å². The van der Waals surface area contributed by atoms with Gasteiger partial charge < -0.3 is 5.73 Å². The van der Waals surface area contributed by atoms with Gasteiger partial charge in [-0.2, -0.15) is 10.2 Å². The monoisotopic (exact) mass is 292 g/mol. The second kappa shape index (κ2) is 6.08. The number of sulfonamides is 1. The first-order valence-corrected chi connectivity index (χ1v) is 7.57. The lowest BCUT2D eigenvalue weighted by atomic mass is 10.1. The number of benzene rings is 1. The predicted octanol–water partition coefficient (Wildman–Crippen LogP) is 0.722. The standard InChI is InChI=1S/C13H16N4O2S/c1-10-4-5-11(8-14)7-13(10)20(18,19)16-9-12-3-2-6-15-17-12/h2-7,16H,8-9,14H2,1H3. The van der Waals surface area contributed by atoms with Gasteiger partial charge in [-0.25, -0.2) is 13.1 Å². The summed E-state index contributed by atoms with van der Waals surface area (Å²) >= 11 is 0. The SMILES string of the molecule is Cc1ccc(CN)cc1S(=O)(=O)NCc1cccnn1. The Hall–Kier alpha value is -1.83. The van der Waals surface area contributed by atoms with Crippen LogP contribution in [0.5, 0.6) is 0 Å². The van der Waals surface area contributed by atoms with Gasteiger partial charge in [0.25, 0.3) is 0 Å². The maximum atomic E-state index is 12.3. The van der Waals surface area contributed by atoms with Gasteiger partial charge in [-0.15, -0.1) is 0 Å². The van der Waals surface area contributed by atoms with Gasteiger partial charge in [0.05, 0.1) is 17.1 Å². The second-order valence-corrected chi connectivity index (χ2v) is 6.08. The molecule has 0 saturated carbocycles. The fourth-order valence-electron chi connectivity index (χ4n) is 1.74. The Morgan fingerprint density at radius 3 is 2.75 bits per heavy atom. The lowest BCUT2D eigenvalue weighted by Crippen LogP contribution is -2.24. The molecule has 1 aromatic carbocycles. The molecule has 0 fully saturated rings. The molecule has 0 saturated heterocycles. The average Bonchev–Trinajstić information content (AvgIpc) is 2.47. The molecule has 0 unspecified atom stereocenters. The van der Waals surface area contributed by atoms with E-state index in [1.54, 1.807) is 31.2 Å². The number of nitrogens with zero attached hydrogens (tertiary/aromatic N) is 2. The highest BCUT2D eigenvalue weighted by molar-refractivity contribution is 7.89. The van der Waals surface area contributed by atoms with Crippen LogP contribution in [0.2, 0.25) is 0 Å². The minimum absolute atomic E-state index is 0.0997. The third-order valence-electron chi connectivity index (χ3n) is 2.85. The topological polar surface area (TPSA) is 98.0 Å². The summed E-state index contributed by atoms with van der Waals surface area (Å²) in [4.78, 5) is 0.240. The van der Waals surface area contributed by atoms with Crippen molar-refractivity contribution in [3.8, 4) is 0 Å². The molecule has 0 aliphatic heterocycles. The van der Waals surface area contributed by atoms with Crippen molar-refractivity contribution < 1.29 is 8.42 Å². The Kier molecular flexibility index (Phi) is 4.43. The van der Waals surface area contributed by atoms with E-state index in [2.05, 4.69) is 14.9 Å². The van der Waals surface area contributed by atoms with Crippen LogP contribution in [0, 0.1) is 6.92 Å². The number of hydrogen-bond acceptors (Lipinski definition) is 5. The zero-order valence-corrected chi connectivity index (χ0v) is 11.9. The van der Waals surface area contributed by atoms with E-state index in [1.165, 1.54) is 6.20 Å². The smallest absolute Gasteiger partial charge is 0.241 e. The van der Waals surface area contributed by atoms with E-state index in [0.717, 1.165) is 5.56 Å². The van der Waals surface area contributed by atoms with Gasteiger partial charge in [0.1, 0.15) is 0 Å². The Balaban J connectivity index is 2.22. The molecule has 106 valence electrons. The van der Waals surface area contributed by atoms with E-state index >= 15 is 0 Å². The van der Waals surface area contributed by atoms with E-state index in [9.17, 15) is 8.42 Å². The summed E-state index contributed by atoms with van der Waals surface area (Å²) < 4.78 is 27.1. The lowest BCUT2D eigenvalue weighted by molar-refractivity contribution is 0.579. The molecule has 3 N–H and O–H groups in total. The van der Waals surface area contributed by atoms with Crippen molar-refractivity contribution in [2.24, 2.45) is 5.73 Å². The van der Waals surface area contributed by atoms with E-state index in [1.807, 2.05) is 6.07 Å². The van der Waals surface area contributed by atoms with Gasteiger partial charge in [-0.05, 0) is 36.2 Å². The van der Waals surface area contributed by atoms with Crippen LogP contribution in [0.15, 0.2) is 41.4 Å². The summed E-state index contributed by atoms with van der Waals surface area (Å²) in [6.45, 7) is 2.15. The maximum absolute atomic E-state index is 12.3. The fourth-order valence-corrected chi connectivity index (χ4v) is 3.03. The van der Waals surface area contributed by atoms with Gasteiger partial charge in [-0.1, -0.05) is 12.1 Å². The molecular weight excluding hydrogens is 276 g/mol. The minimum Gasteiger partial charge on any atom is -0.326 e. The number of rotatable bonds is 5. The third-order valence-corrected chi connectivity index (χ3v) is 4.39. The van der Waals surface area contributed by atoms with Crippen molar-refractivity contribution >= 4 is 10.0 Å². The molecule has 1 aromatic heterocycles. The molecule has 7 heteroatoms. The molecule has 2 rings (SSSR count). The minimum atomic E-state index is -3.60. The van der Waals surface area contributed by atoms with E-state index in [-0.39, 0.29) is 11.4 Å². The van der Waals surface area contributed by atoms with Crippen LogP contribution >= 0.6 is 0 Å². The average molecular weight is 292 g/mol. The molecule has 0 aliphatic carbocycles. The van der Waals surface area contributed by atoms with Crippen molar-refractivity contribution in [1.82, 2.24) is 14.9 Å². The largest absolute Gasteiger partial charge is 0.326 e. The van der Waals surface area contributed by atoms with Crippen LogP contribution in [-0.4, -0.2) is 18.6 Å². The van der Waals surface area contributed by atoms with Crippen LogP contribution in [0.3, 0.4) is 0 Å². The van der Waals surface area contributed by atoms with Crippen LogP contribution in [0.4, 0.5) is 0 Å². The summed E-state index contributed by atoms with van der Waals surface area (Å²) in [6, 6.07) is 8.57. The van der Waals surface area contributed by atoms with Crippen molar-refractivity contribution in [1.29, 1.82) is 0 Å². The molecule has 0 amide bonds. The summed E-state index contributed by atoms with van der Waals surface area (Å²) in [6.07, 6.45) is 1.53. The molecule has 6 nitrogen and oxygen atoms in total. The Morgan fingerprint density at radius 1 is 1.30 bits per heavy atom. The molecule has 2 aromatic rings. The molecule has 20 heavy (non-hydrogen) atoms. The number of aryl methyl sites for hydroxylation is 1. The van der Waals surface area contributed by atoms with Gasteiger partial charge in [-0.3, -0.25) is 0 Å². The first kappa shape index (κ1) is 14.6. The number of aromatic nitrogens is 2. The molecule has 0 bridgehead atoms. The third kappa shape index (κ3) is 3.38. The van der Waals surface area contributed by atoms with Crippen molar-refractivity contribution in [2.45, 2.75) is 24.9 Å². The number of nitrogens with one attached hydrogen (secondary N) is 1. The highest BCUT2D eigenvalue weighted by Gasteiger charge is 2.17.